The van der Waals surface area contributed by atoms with E-state index in [1.54, 1.807) is 18.3 Å². The van der Waals surface area contributed by atoms with Gasteiger partial charge in [-0.2, -0.15) is 0 Å². The maximum absolute atomic E-state index is 13.4. The van der Waals surface area contributed by atoms with E-state index < -0.39 is 17.3 Å². The summed E-state index contributed by atoms with van der Waals surface area (Å²) in [5.74, 6) is -3.76. The third-order valence-electron chi connectivity index (χ3n) is 4.35. The van der Waals surface area contributed by atoms with Crippen LogP contribution in [0.2, 0.25) is 0 Å². The lowest BCUT2D eigenvalue weighted by molar-refractivity contribution is -0.149. The van der Waals surface area contributed by atoms with Crippen molar-refractivity contribution in [1.82, 2.24) is 4.98 Å². The molecule has 3 rings (SSSR count). The number of alkyl halides is 2. The molecule has 1 heterocycles. The molecule has 3 nitrogen and oxygen atoms in total. The Labute approximate surface area is 114 Å². The maximum Gasteiger partial charge on any atom is 0.314 e. The van der Waals surface area contributed by atoms with E-state index in [1.807, 2.05) is 12.1 Å². The van der Waals surface area contributed by atoms with E-state index in [9.17, 15) is 18.7 Å². The summed E-state index contributed by atoms with van der Waals surface area (Å²) in [4.78, 5) is 14.8. The molecule has 0 amide bonds. The van der Waals surface area contributed by atoms with E-state index in [0.29, 0.717) is 5.56 Å². The standard InChI is InChI=1S/C15H15F2NO2/c16-15(17)7-5-14(6-8-15,13(19)20)11-2-1-3-12-10(11)4-9-18-12/h1-4,9,18H,5-8H2,(H,19,20). The van der Waals surface area contributed by atoms with Crippen LogP contribution in [0.3, 0.4) is 0 Å². The molecule has 1 saturated carbocycles. The number of aromatic amines is 1. The van der Waals surface area contributed by atoms with Crippen molar-refractivity contribution in [1.29, 1.82) is 0 Å². The number of fused-ring (bicyclic) bond motifs is 1. The third kappa shape index (κ3) is 1.88. The van der Waals surface area contributed by atoms with Crippen molar-refractivity contribution in [3.8, 4) is 0 Å². The second-order valence-electron chi connectivity index (χ2n) is 5.49. The van der Waals surface area contributed by atoms with E-state index >= 15 is 0 Å². The molecule has 0 bridgehead atoms. The maximum atomic E-state index is 13.4. The topological polar surface area (TPSA) is 53.1 Å². The van der Waals surface area contributed by atoms with E-state index in [2.05, 4.69) is 4.98 Å². The van der Waals surface area contributed by atoms with Crippen molar-refractivity contribution in [2.24, 2.45) is 0 Å². The van der Waals surface area contributed by atoms with Crippen molar-refractivity contribution in [2.75, 3.05) is 0 Å². The fourth-order valence-corrected chi connectivity index (χ4v) is 3.14. The lowest BCUT2D eigenvalue weighted by atomic mass is 9.67. The summed E-state index contributed by atoms with van der Waals surface area (Å²) in [5, 5.41) is 10.5. The highest BCUT2D eigenvalue weighted by Crippen LogP contribution is 2.47. The third-order valence-corrected chi connectivity index (χ3v) is 4.35. The van der Waals surface area contributed by atoms with Crippen LogP contribution in [-0.4, -0.2) is 22.0 Å². The summed E-state index contributed by atoms with van der Waals surface area (Å²) in [5.41, 5.74) is 0.267. The van der Waals surface area contributed by atoms with Crippen LogP contribution in [0.4, 0.5) is 8.78 Å². The smallest absolute Gasteiger partial charge is 0.314 e. The molecule has 0 aliphatic heterocycles. The number of hydrogen-bond acceptors (Lipinski definition) is 1. The minimum atomic E-state index is -2.75. The van der Waals surface area contributed by atoms with Crippen LogP contribution in [0.5, 0.6) is 0 Å². The molecule has 106 valence electrons. The number of nitrogens with one attached hydrogen (secondary N) is 1. The molecule has 0 saturated heterocycles. The predicted molar refractivity (Wildman–Crippen MR) is 71.0 cm³/mol. The zero-order chi connectivity index (χ0) is 14.4. The fourth-order valence-electron chi connectivity index (χ4n) is 3.14. The Morgan fingerprint density at radius 2 is 1.85 bits per heavy atom. The highest BCUT2D eigenvalue weighted by atomic mass is 19.3. The molecule has 20 heavy (non-hydrogen) atoms. The number of hydrogen-bond donors (Lipinski definition) is 2. The van der Waals surface area contributed by atoms with E-state index in [4.69, 9.17) is 0 Å². The van der Waals surface area contributed by atoms with Gasteiger partial charge in [-0.25, -0.2) is 8.78 Å². The first-order chi connectivity index (χ1) is 9.45. The molecular weight excluding hydrogens is 264 g/mol. The van der Waals surface area contributed by atoms with E-state index in [0.717, 1.165) is 10.9 Å². The Morgan fingerprint density at radius 1 is 1.15 bits per heavy atom. The number of benzene rings is 1. The Kier molecular flexibility index (Phi) is 2.81. The summed E-state index contributed by atoms with van der Waals surface area (Å²) >= 11 is 0. The summed E-state index contributed by atoms with van der Waals surface area (Å²) in [6.07, 6.45) is 0.931. The Morgan fingerprint density at radius 3 is 2.50 bits per heavy atom. The second-order valence-corrected chi connectivity index (χ2v) is 5.49. The van der Waals surface area contributed by atoms with E-state index in [1.165, 1.54) is 0 Å². The summed E-state index contributed by atoms with van der Waals surface area (Å²) < 4.78 is 26.8. The second kappa shape index (κ2) is 4.30. The van der Waals surface area contributed by atoms with Crippen LogP contribution >= 0.6 is 0 Å². The van der Waals surface area contributed by atoms with Gasteiger partial charge >= 0.3 is 5.97 Å². The fraction of sp³-hybridized carbons (Fsp3) is 0.400. The zero-order valence-corrected chi connectivity index (χ0v) is 10.8. The van der Waals surface area contributed by atoms with Gasteiger partial charge in [0.05, 0.1) is 5.41 Å². The first-order valence-corrected chi connectivity index (χ1v) is 6.62. The largest absolute Gasteiger partial charge is 0.481 e. The average Bonchev–Trinajstić information content (AvgIpc) is 2.87. The molecule has 2 N–H and O–H groups in total. The average molecular weight is 279 g/mol. The number of carboxylic acids is 1. The molecule has 1 aromatic heterocycles. The summed E-state index contributed by atoms with van der Waals surface area (Å²) in [6.45, 7) is 0. The summed E-state index contributed by atoms with van der Waals surface area (Å²) in [6, 6.07) is 7.17. The molecule has 1 aliphatic rings. The van der Waals surface area contributed by atoms with Crippen molar-refractivity contribution >= 4 is 16.9 Å². The molecule has 1 aliphatic carbocycles. The lowest BCUT2D eigenvalue weighted by Gasteiger charge is -2.37. The summed E-state index contributed by atoms with van der Waals surface area (Å²) in [7, 11) is 0. The molecule has 0 unspecified atom stereocenters. The van der Waals surface area contributed by atoms with Crippen LogP contribution in [0, 0.1) is 0 Å². The highest BCUT2D eigenvalue weighted by Gasteiger charge is 2.49. The van der Waals surface area contributed by atoms with Crippen LogP contribution in [0.1, 0.15) is 31.2 Å². The molecule has 1 fully saturated rings. The van der Waals surface area contributed by atoms with Gasteiger partial charge in [0.15, 0.2) is 0 Å². The van der Waals surface area contributed by atoms with Crippen LogP contribution in [0.25, 0.3) is 10.9 Å². The predicted octanol–water partition coefficient (Wildman–Crippen LogP) is 3.70. The molecule has 5 heteroatoms. The Hall–Kier alpha value is -1.91. The molecule has 0 spiro atoms. The van der Waals surface area contributed by atoms with Gasteiger partial charge in [0.25, 0.3) is 0 Å². The molecule has 0 atom stereocenters. The number of carboxylic acid groups (broad SMARTS) is 1. The van der Waals surface area contributed by atoms with Crippen molar-refractivity contribution < 1.29 is 18.7 Å². The number of halogens is 2. The number of H-pyrrole nitrogens is 1. The van der Waals surface area contributed by atoms with Gasteiger partial charge < -0.3 is 10.1 Å². The van der Waals surface area contributed by atoms with Gasteiger partial charge in [0, 0.05) is 29.9 Å². The van der Waals surface area contributed by atoms with Crippen LogP contribution < -0.4 is 0 Å². The lowest BCUT2D eigenvalue weighted by Crippen LogP contribution is -2.42. The van der Waals surface area contributed by atoms with Crippen molar-refractivity contribution in [2.45, 2.75) is 37.0 Å². The SMILES string of the molecule is O=C(O)C1(c2cccc3[nH]ccc23)CCC(F)(F)CC1. The molecule has 2 aromatic rings. The quantitative estimate of drug-likeness (QED) is 0.880. The number of aromatic nitrogens is 1. The van der Waals surface area contributed by atoms with Crippen molar-refractivity contribution in [3.05, 3.63) is 36.0 Å². The normalized spacial score (nSPS) is 20.9. The minimum absolute atomic E-state index is 0.0281. The van der Waals surface area contributed by atoms with Crippen LogP contribution in [0.15, 0.2) is 30.5 Å². The van der Waals surface area contributed by atoms with Gasteiger partial charge in [-0.3, -0.25) is 4.79 Å². The minimum Gasteiger partial charge on any atom is -0.481 e. The highest BCUT2D eigenvalue weighted by molar-refractivity contribution is 5.92. The monoisotopic (exact) mass is 279 g/mol. The van der Waals surface area contributed by atoms with Gasteiger partial charge in [-0.1, -0.05) is 12.1 Å². The van der Waals surface area contributed by atoms with Gasteiger partial charge in [-0.05, 0) is 30.5 Å². The van der Waals surface area contributed by atoms with E-state index in [-0.39, 0.29) is 25.7 Å². The Bertz CT molecular complexity index is 653. The molecule has 0 radical (unpaired) electrons. The molecule has 1 aromatic carbocycles. The van der Waals surface area contributed by atoms with Gasteiger partial charge in [-0.15, -0.1) is 0 Å². The zero-order valence-electron chi connectivity index (χ0n) is 10.8. The van der Waals surface area contributed by atoms with Gasteiger partial charge in [0.2, 0.25) is 5.92 Å². The van der Waals surface area contributed by atoms with Crippen molar-refractivity contribution in [3.63, 3.8) is 0 Å². The first-order valence-electron chi connectivity index (χ1n) is 6.62. The number of carbonyl (C=O) groups is 1. The van der Waals surface area contributed by atoms with Crippen LogP contribution in [-0.2, 0) is 10.2 Å². The number of aliphatic carboxylic acids is 1. The number of rotatable bonds is 2. The Balaban J connectivity index is 2.12. The van der Waals surface area contributed by atoms with Gasteiger partial charge in [0.1, 0.15) is 0 Å². The molecular formula is C15H15F2NO2. The first kappa shape index (κ1) is 13.1.